The normalized spacial score (nSPS) is 25.5. The van der Waals surface area contributed by atoms with Crippen LogP contribution in [0.5, 0.6) is 0 Å². The number of nitrogens with zero attached hydrogens (tertiary/aromatic N) is 2. The molecule has 0 aromatic heterocycles. The Labute approximate surface area is 181 Å². The molecule has 1 aromatic carbocycles. The average Bonchev–Trinajstić information content (AvgIpc) is 2.75. The molecule has 1 aliphatic heterocycles. The van der Waals surface area contributed by atoms with Gasteiger partial charge in [-0.1, -0.05) is 0 Å². The Hall–Kier alpha value is -2.11. The van der Waals surface area contributed by atoms with E-state index in [1.165, 1.54) is 17.0 Å². The molecule has 174 valence electrons. The molecule has 0 bridgehead atoms. The fourth-order valence-electron chi connectivity index (χ4n) is 3.31. The molecule has 2 amide bonds. The molecule has 5 N–H and O–H groups in total. The number of hydrogen-bond donors (Lipinski definition) is 4. The van der Waals surface area contributed by atoms with Crippen molar-refractivity contribution < 1.29 is 34.0 Å². The summed E-state index contributed by atoms with van der Waals surface area (Å²) in [4.78, 5) is 28.3. The van der Waals surface area contributed by atoms with Gasteiger partial charge < -0.3 is 35.6 Å². The smallest absolute Gasteiger partial charge is 0.254 e. The van der Waals surface area contributed by atoms with Crippen LogP contribution in [0, 0.1) is 5.82 Å². The number of β-amino-alcohol motifs (C(OH)–C–C–N with tert-alkyl or cyclic N) is 1. The Kier molecular flexibility index (Phi) is 9.79. The zero-order valence-electron chi connectivity index (χ0n) is 17.7. The summed E-state index contributed by atoms with van der Waals surface area (Å²) in [6, 6.07) is 4.23. The lowest BCUT2D eigenvalue weighted by atomic mass is 10.1. The van der Waals surface area contributed by atoms with Gasteiger partial charge in [-0.2, -0.15) is 0 Å². The molecule has 1 saturated heterocycles. The summed E-state index contributed by atoms with van der Waals surface area (Å²) in [5.41, 5.74) is 5.94. The van der Waals surface area contributed by atoms with E-state index in [1.54, 1.807) is 11.8 Å². The third-order valence-electron chi connectivity index (χ3n) is 5.17. The monoisotopic (exact) mass is 441 g/mol. The van der Waals surface area contributed by atoms with Crippen molar-refractivity contribution in [3.63, 3.8) is 0 Å². The van der Waals surface area contributed by atoms with Crippen molar-refractivity contribution >= 4 is 11.8 Å². The highest BCUT2D eigenvalue weighted by Gasteiger charge is 2.29. The van der Waals surface area contributed by atoms with E-state index in [-0.39, 0.29) is 37.7 Å². The van der Waals surface area contributed by atoms with E-state index < -0.39 is 36.1 Å². The average molecular weight is 442 g/mol. The van der Waals surface area contributed by atoms with E-state index >= 15 is 0 Å². The largest absolute Gasteiger partial charge is 0.388 e. The van der Waals surface area contributed by atoms with Crippen molar-refractivity contribution in [3.8, 4) is 0 Å². The van der Waals surface area contributed by atoms with Crippen molar-refractivity contribution in [1.29, 1.82) is 0 Å². The molecule has 10 heteroatoms. The van der Waals surface area contributed by atoms with Crippen LogP contribution in [0.15, 0.2) is 24.3 Å². The van der Waals surface area contributed by atoms with Crippen LogP contribution < -0.4 is 5.73 Å². The third kappa shape index (κ3) is 7.51. The molecular weight excluding hydrogens is 409 g/mol. The topological polar surface area (TPSA) is 137 Å². The molecule has 0 aliphatic carbocycles. The lowest BCUT2D eigenvalue weighted by molar-refractivity contribution is -0.132. The standard InChI is InChI=1S/C21H32FN3O6/c1-14(23)20(29)24-8-2-3-11-31-13-18(27)19(28)17(26)12-25(10-9-24)21(30)15-4-6-16(22)7-5-15/h4-7,14,17-19,26-28H,2-3,8-13,23H2,1H3/t14-,17-,18+,19+/m0/s1. The van der Waals surface area contributed by atoms with Gasteiger partial charge in [-0.25, -0.2) is 4.39 Å². The Bertz CT molecular complexity index is 718. The lowest BCUT2D eigenvalue weighted by Gasteiger charge is -2.32. The zero-order valence-corrected chi connectivity index (χ0v) is 17.7. The minimum atomic E-state index is -1.53. The van der Waals surface area contributed by atoms with E-state index in [4.69, 9.17) is 10.5 Å². The molecule has 4 atom stereocenters. The first-order chi connectivity index (χ1) is 14.7. The van der Waals surface area contributed by atoms with Crippen molar-refractivity contribution in [2.24, 2.45) is 5.73 Å². The number of ether oxygens (including phenoxy) is 1. The zero-order chi connectivity index (χ0) is 23.0. The number of aliphatic hydroxyl groups is 3. The first-order valence-corrected chi connectivity index (χ1v) is 10.4. The van der Waals surface area contributed by atoms with Crippen molar-refractivity contribution in [3.05, 3.63) is 35.6 Å². The molecule has 1 aliphatic rings. The Morgan fingerprint density at radius 1 is 1.06 bits per heavy atom. The fraction of sp³-hybridized carbons (Fsp3) is 0.619. The van der Waals surface area contributed by atoms with E-state index in [0.717, 1.165) is 12.1 Å². The Morgan fingerprint density at radius 2 is 1.71 bits per heavy atom. The molecule has 1 aromatic rings. The van der Waals surface area contributed by atoms with Gasteiger partial charge in [0.1, 0.15) is 24.1 Å². The number of rotatable bonds is 2. The molecule has 0 saturated carbocycles. The van der Waals surface area contributed by atoms with Crippen LogP contribution in [-0.2, 0) is 9.53 Å². The van der Waals surface area contributed by atoms with E-state index in [1.807, 2.05) is 0 Å². The van der Waals surface area contributed by atoms with Crippen LogP contribution in [-0.4, -0.2) is 101 Å². The van der Waals surface area contributed by atoms with Gasteiger partial charge in [0.25, 0.3) is 5.91 Å². The second-order valence-electron chi connectivity index (χ2n) is 7.78. The lowest BCUT2D eigenvalue weighted by Crippen LogP contribution is -2.51. The Balaban J connectivity index is 2.25. The summed E-state index contributed by atoms with van der Waals surface area (Å²) in [5.74, 6) is -1.26. The predicted octanol–water partition coefficient (Wildman–Crippen LogP) is -0.663. The second-order valence-corrected chi connectivity index (χ2v) is 7.78. The number of carbonyl (C=O) groups is 2. The number of hydrogen-bond acceptors (Lipinski definition) is 7. The van der Waals surface area contributed by atoms with Crippen LogP contribution in [0.25, 0.3) is 0 Å². The van der Waals surface area contributed by atoms with Crippen molar-refractivity contribution in [2.45, 2.75) is 44.1 Å². The molecule has 9 nitrogen and oxygen atoms in total. The molecule has 1 fully saturated rings. The Morgan fingerprint density at radius 3 is 2.35 bits per heavy atom. The molecular formula is C21H32FN3O6. The molecule has 0 spiro atoms. The molecule has 1 heterocycles. The quantitative estimate of drug-likeness (QED) is 0.478. The first-order valence-electron chi connectivity index (χ1n) is 10.4. The van der Waals surface area contributed by atoms with Crippen molar-refractivity contribution in [2.75, 3.05) is 39.4 Å². The fourth-order valence-corrected chi connectivity index (χ4v) is 3.31. The molecule has 31 heavy (non-hydrogen) atoms. The SMILES string of the molecule is C[C@H](N)C(=O)N1CCCCOC[C@@H](O)[C@H](O)[C@@H](O)CN(C(=O)c2ccc(F)cc2)CC1. The van der Waals surface area contributed by atoms with E-state index in [2.05, 4.69) is 0 Å². The van der Waals surface area contributed by atoms with E-state index in [0.29, 0.717) is 26.0 Å². The summed E-state index contributed by atoms with van der Waals surface area (Å²) >= 11 is 0. The predicted molar refractivity (Wildman–Crippen MR) is 111 cm³/mol. The summed E-state index contributed by atoms with van der Waals surface area (Å²) in [6.45, 7) is 2.08. The van der Waals surface area contributed by atoms with Gasteiger partial charge in [-0.15, -0.1) is 0 Å². The number of carbonyl (C=O) groups excluding carboxylic acids is 2. The summed E-state index contributed by atoms with van der Waals surface area (Å²) < 4.78 is 18.6. The third-order valence-corrected chi connectivity index (χ3v) is 5.17. The van der Waals surface area contributed by atoms with Gasteiger partial charge in [0, 0.05) is 38.3 Å². The minimum Gasteiger partial charge on any atom is -0.388 e. The number of nitrogens with two attached hydrogens (primary N) is 1. The van der Waals surface area contributed by atoms with Gasteiger partial charge in [-0.05, 0) is 44.0 Å². The van der Waals surface area contributed by atoms with Gasteiger partial charge in [-0.3, -0.25) is 9.59 Å². The van der Waals surface area contributed by atoms with Gasteiger partial charge in [0.05, 0.1) is 12.6 Å². The molecule has 0 unspecified atom stereocenters. The van der Waals surface area contributed by atoms with Crippen LogP contribution in [0.3, 0.4) is 0 Å². The summed E-state index contributed by atoms with van der Waals surface area (Å²) in [6.07, 6.45) is -3.06. The molecule has 2 rings (SSSR count). The van der Waals surface area contributed by atoms with Gasteiger partial charge in [0.15, 0.2) is 0 Å². The summed E-state index contributed by atoms with van der Waals surface area (Å²) in [5, 5.41) is 30.7. The number of amides is 2. The maximum absolute atomic E-state index is 13.2. The highest BCUT2D eigenvalue weighted by atomic mass is 19.1. The van der Waals surface area contributed by atoms with Crippen LogP contribution in [0.4, 0.5) is 4.39 Å². The van der Waals surface area contributed by atoms with Crippen LogP contribution in [0.2, 0.25) is 0 Å². The highest BCUT2D eigenvalue weighted by molar-refractivity contribution is 5.94. The first kappa shape index (κ1) is 25.2. The van der Waals surface area contributed by atoms with Crippen molar-refractivity contribution in [1.82, 2.24) is 9.80 Å². The number of aliphatic hydroxyl groups excluding tert-OH is 3. The van der Waals surface area contributed by atoms with Gasteiger partial charge >= 0.3 is 0 Å². The number of halogens is 1. The van der Waals surface area contributed by atoms with E-state index in [9.17, 15) is 29.3 Å². The number of benzene rings is 1. The van der Waals surface area contributed by atoms with Crippen LogP contribution in [0.1, 0.15) is 30.1 Å². The maximum atomic E-state index is 13.2. The van der Waals surface area contributed by atoms with Gasteiger partial charge in [0.2, 0.25) is 5.91 Å². The highest BCUT2D eigenvalue weighted by Crippen LogP contribution is 2.12. The second kappa shape index (κ2) is 12.1. The maximum Gasteiger partial charge on any atom is 0.254 e. The summed E-state index contributed by atoms with van der Waals surface area (Å²) in [7, 11) is 0. The minimum absolute atomic E-state index is 0.0606. The molecule has 0 radical (unpaired) electrons. The van der Waals surface area contributed by atoms with Crippen LogP contribution >= 0.6 is 0 Å².